The number of hydrogen-bond acceptors (Lipinski definition) is 1. The number of hydrogen-bond donors (Lipinski definition) is 0. The third-order valence-electron chi connectivity index (χ3n) is 2.86. The zero-order valence-electron chi connectivity index (χ0n) is 8.92. The lowest BCUT2D eigenvalue weighted by Crippen LogP contribution is -2.52. The molecule has 108 valence electrons. The van der Waals surface area contributed by atoms with Gasteiger partial charge in [0.1, 0.15) is 0 Å². The number of halogens is 8. The first-order valence-corrected chi connectivity index (χ1v) is 7.59. The zero-order valence-corrected chi connectivity index (χ0v) is 13.2. The highest BCUT2D eigenvalue weighted by Gasteiger charge is 2.70. The van der Waals surface area contributed by atoms with E-state index < -0.39 is 28.1 Å². The maximum atomic E-state index is 13.4. The van der Waals surface area contributed by atoms with E-state index in [9.17, 15) is 26.3 Å². The van der Waals surface area contributed by atoms with Crippen LogP contribution in [-0.4, -0.2) is 33.4 Å². The van der Waals surface area contributed by atoms with Crippen molar-refractivity contribution < 1.29 is 31.1 Å². The normalized spacial score (nSPS) is 26.7. The van der Waals surface area contributed by atoms with E-state index in [0.717, 1.165) is 0 Å². The summed E-state index contributed by atoms with van der Waals surface area (Å²) in [5.41, 5.74) is 0. The van der Waals surface area contributed by atoms with Gasteiger partial charge in [0, 0.05) is 40.0 Å². The molecule has 1 aliphatic heterocycles. The highest BCUT2D eigenvalue weighted by Crippen LogP contribution is 2.52. The minimum atomic E-state index is -5.36. The average Bonchev–Trinajstić information content (AvgIpc) is 2.62. The van der Waals surface area contributed by atoms with Crippen LogP contribution in [0.25, 0.3) is 0 Å². The molecule has 2 unspecified atom stereocenters. The lowest BCUT2D eigenvalue weighted by Gasteiger charge is -2.32. The van der Waals surface area contributed by atoms with Gasteiger partial charge in [-0.1, -0.05) is 22.6 Å². The second kappa shape index (κ2) is 5.78. The van der Waals surface area contributed by atoms with Crippen molar-refractivity contribution >= 4 is 45.2 Å². The summed E-state index contributed by atoms with van der Waals surface area (Å²) in [6.07, 6.45) is -1.29. The SMILES string of the molecule is FC(F)(I)C(F)(F)C(F)(F)CC1COCC1CI. The summed E-state index contributed by atoms with van der Waals surface area (Å²) in [4.78, 5) is 0. The quantitative estimate of drug-likeness (QED) is 0.309. The molecule has 0 radical (unpaired) electrons. The molecule has 0 N–H and O–H groups in total. The van der Waals surface area contributed by atoms with E-state index in [2.05, 4.69) is 0 Å². The lowest BCUT2D eigenvalue weighted by atomic mass is 9.89. The minimum absolute atomic E-state index is 0.0496. The summed E-state index contributed by atoms with van der Waals surface area (Å²) < 4.78 is 78.6. The lowest BCUT2D eigenvalue weighted by molar-refractivity contribution is -0.276. The molecule has 0 amide bonds. The Bertz CT molecular complexity index is 293. The summed E-state index contributed by atoms with van der Waals surface area (Å²) in [7, 11) is 0. The van der Waals surface area contributed by atoms with Gasteiger partial charge in [-0.05, 0) is 11.8 Å². The Morgan fingerprint density at radius 3 is 1.94 bits per heavy atom. The fourth-order valence-electron chi connectivity index (χ4n) is 1.70. The van der Waals surface area contributed by atoms with Crippen LogP contribution >= 0.6 is 45.2 Å². The van der Waals surface area contributed by atoms with Gasteiger partial charge in [-0.15, -0.1) is 0 Å². The van der Waals surface area contributed by atoms with Gasteiger partial charge < -0.3 is 4.74 Å². The summed E-state index contributed by atoms with van der Waals surface area (Å²) >= 11 is 1.98. The molecule has 1 fully saturated rings. The smallest absolute Gasteiger partial charge is 0.381 e. The topological polar surface area (TPSA) is 9.23 Å². The molecule has 0 aromatic heterocycles. The molecule has 0 aromatic rings. The first-order valence-electron chi connectivity index (χ1n) is 4.99. The van der Waals surface area contributed by atoms with Crippen LogP contribution in [0, 0.1) is 11.8 Å². The summed E-state index contributed by atoms with van der Waals surface area (Å²) in [5, 5.41) is 0. The van der Waals surface area contributed by atoms with Crippen LogP contribution in [-0.2, 0) is 4.74 Å². The third kappa shape index (κ3) is 3.36. The molecule has 1 saturated heterocycles. The Morgan fingerprint density at radius 2 is 1.50 bits per heavy atom. The van der Waals surface area contributed by atoms with Gasteiger partial charge >= 0.3 is 15.8 Å². The van der Waals surface area contributed by atoms with Crippen LogP contribution in [0.15, 0.2) is 0 Å². The van der Waals surface area contributed by atoms with Gasteiger partial charge in [-0.3, -0.25) is 0 Å². The molecule has 0 aromatic carbocycles. The predicted octanol–water partition coefficient (Wildman–Crippen LogP) is 4.37. The van der Waals surface area contributed by atoms with Gasteiger partial charge in [0.25, 0.3) is 0 Å². The van der Waals surface area contributed by atoms with Gasteiger partial charge in [-0.2, -0.15) is 26.3 Å². The highest BCUT2D eigenvalue weighted by molar-refractivity contribution is 14.1. The van der Waals surface area contributed by atoms with E-state index in [1.807, 2.05) is 22.6 Å². The van der Waals surface area contributed by atoms with Crippen molar-refractivity contribution in [3.63, 3.8) is 0 Å². The monoisotopic (exact) mass is 502 g/mol. The highest BCUT2D eigenvalue weighted by atomic mass is 127. The average molecular weight is 502 g/mol. The van der Waals surface area contributed by atoms with E-state index in [0.29, 0.717) is 4.43 Å². The standard InChI is InChI=1S/C9H10F6I2O/c10-7(11,8(12,13)9(14,15)17)1-5-3-18-4-6(5)2-16/h5-6H,1-4H2. The molecule has 1 nitrogen and oxygen atoms in total. The van der Waals surface area contributed by atoms with Crippen molar-refractivity contribution in [1.29, 1.82) is 0 Å². The first-order chi connectivity index (χ1) is 8.03. The van der Waals surface area contributed by atoms with Crippen LogP contribution in [0.1, 0.15) is 6.42 Å². The summed E-state index contributed by atoms with van der Waals surface area (Å²) in [5.74, 6) is -11.2. The van der Waals surface area contributed by atoms with E-state index in [1.165, 1.54) is 0 Å². The molecular formula is C9H10F6I2O. The molecule has 9 heteroatoms. The molecule has 0 spiro atoms. The second-order valence-corrected chi connectivity index (χ2v) is 6.43. The predicted molar refractivity (Wildman–Crippen MR) is 70.2 cm³/mol. The van der Waals surface area contributed by atoms with Gasteiger partial charge in [0.15, 0.2) is 0 Å². The molecule has 0 saturated carbocycles. The van der Waals surface area contributed by atoms with Crippen LogP contribution < -0.4 is 0 Å². The molecule has 1 heterocycles. The molecule has 1 aliphatic rings. The summed E-state index contributed by atoms with van der Waals surface area (Å²) in [6.45, 7) is 0.113. The Labute approximate surface area is 127 Å². The maximum Gasteiger partial charge on any atom is 0.381 e. The molecule has 2 atom stereocenters. The summed E-state index contributed by atoms with van der Waals surface area (Å²) in [6, 6.07) is 0. The van der Waals surface area contributed by atoms with Crippen molar-refractivity contribution in [3.05, 3.63) is 0 Å². The van der Waals surface area contributed by atoms with Crippen molar-refractivity contribution in [2.24, 2.45) is 11.8 Å². The zero-order chi connectivity index (χ0) is 14.2. The molecule has 18 heavy (non-hydrogen) atoms. The van der Waals surface area contributed by atoms with E-state index >= 15 is 0 Å². The molecule has 1 rings (SSSR count). The van der Waals surface area contributed by atoms with Crippen molar-refractivity contribution in [3.8, 4) is 0 Å². The van der Waals surface area contributed by atoms with Gasteiger partial charge in [0.2, 0.25) is 0 Å². The number of alkyl halides is 8. The van der Waals surface area contributed by atoms with Gasteiger partial charge in [0.05, 0.1) is 6.61 Å². The number of ether oxygens (including phenoxy) is 1. The van der Waals surface area contributed by atoms with Crippen LogP contribution in [0.2, 0.25) is 0 Å². The Balaban J connectivity index is 2.81. The fraction of sp³-hybridized carbons (Fsp3) is 1.00. The van der Waals surface area contributed by atoms with Crippen LogP contribution in [0.5, 0.6) is 0 Å². The van der Waals surface area contributed by atoms with Gasteiger partial charge in [-0.25, -0.2) is 0 Å². The van der Waals surface area contributed by atoms with Crippen molar-refractivity contribution in [2.45, 2.75) is 22.2 Å². The Hall–Kier alpha value is 1.00. The van der Waals surface area contributed by atoms with E-state index in [-0.39, 0.29) is 41.7 Å². The molecule has 0 bridgehead atoms. The van der Waals surface area contributed by atoms with Crippen LogP contribution in [0.4, 0.5) is 26.3 Å². The largest absolute Gasteiger partial charge is 0.381 e. The van der Waals surface area contributed by atoms with Crippen molar-refractivity contribution in [1.82, 2.24) is 0 Å². The Morgan fingerprint density at radius 1 is 1.00 bits per heavy atom. The van der Waals surface area contributed by atoms with Crippen LogP contribution in [0.3, 0.4) is 0 Å². The third-order valence-corrected chi connectivity index (χ3v) is 4.67. The molecular weight excluding hydrogens is 492 g/mol. The fourth-order valence-corrected chi connectivity index (χ4v) is 3.07. The number of rotatable bonds is 5. The first kappa shape index (κ1) is 17.1. The van der Waals surface area contributed by atoms with E-state index in [4.69, 9.17) is 4.74 Å². The minimum Gasteiger partial charge on any atom is -0.381 e. The van der Waals surface area contributed by atoms with Crippen molar-refractivity contribution in [2.75, 3.05) is 17.6 Å². The van der Waals surface area contributed by atoms with E-state index in [1.54, 1.807) is 0 Å². The molecule has 0 aliphatic carbocycles. The Kier molecular flexibility index (Phi) is 5.48. The maximum absolute atomic E-state index is 13.4. The second-order valence-electron chi connectivity index (χ2n) is 4.19.